The first-order chi connectivity index (χ1) is 8.61. The van der Waals surface area contributed by atoms with Gasteiger partial charge in [-0.25, -0.2) is 0 Å². The Labute approximate surface area is 112 Å². The lowest BCUT2D eigenvalue weighted by atomic mass is 10.1. The topological polar surface area (TPSA) is 61.4 Å². The van der Waals surface area contributed by atoms with Crippen molar-refractivity contribution in [3.8, 4) is 0 Å². The Morgan fingerprint density at radius 1 is 1.39 bits per heavy atom. The molecule has 0 spiro atoms. The molecule has 3 N–H and O–H groups in total. The summed E-state index contributed by atoms with van der Waals surface area (Å²) < 4.78 is 0. The molecule has 4 nitrogen and oxygen atoms in total. The van der Waals surface area contributed by atoms with Gasteiger partial charge in [-0.2, -0.15) is 0 Å². The number of rotatable bonds is 7. The number of benzene rings is 1. The number of hydrogen-bond donors (Lipinski definition) is 3. The molecule has 0 heterocycles. The second-order valence-corrected chi connectivity index (χ2v) is 4.74. The van der Waals surface area contributed by atoms with Gasteiger partial charge in [-0.15, -0.1) is 0 Å². The van der Waals surface area contributed by atoms with Gasteiger partial charge in [-0.3, -0.25) is 4.79 Å². The van der Waals surface area contributed by atoms with Gasteiger partial charge in [0, 0.05) is 17.3 Å². The SMILES string of the molecule is CC(CCO)CNCC(=O)Nc1ccc(Cl)cc1. The van der Waals surface area contributed by atoms with Crippen LogP contribution in [0.15, 0.2) is 24.3 Å². The Balaban J connectivity index is 2.23. The summed E-state index contributed by atoms with van der Waals surface area (Å²) in [7, 11) is 0. The van der Waals surface area contributed by atoms with Crippen molar-refractivity contribution in [2.75, 3.05) is 25.0 Å². The van der Waals surface area contributed by atoms with Crippen LogP contribution in [-0.4, -0.2) is 30.7 Å². The minimum absolute atomic E-state index is 0.0893. The number of carbonyl (C=O) groups is 1. The second kappa shape index (κ2) is 8.08. The van der Waals surface area contributed by atoms with E-state index in [0.29, 0.717) is 17.5 Å². The molecule has 0 bridgehead atoms. The lowest BCUT2D eigenvalue weighted by Crippen LogP contribution is -2.31. The summed E-state index contributed by atoms with van der Waals surface area (Å²) in [6.07, 6.45) is 0.742. The zero-order valence-electron chi connectivity index (χ0n) is 10.4. The van der Waals surface area contributed by atoms with E-state index in [2.05, 4.69) is 10.6 Å². The van der Waals surface area contributed by atoms with Gasteiger partial charge in [0.2, 0.25) is 5.91 Å². The summed E-state index contributed by atoms with van der Waals surface area (Å²) in [6, 6.07) is 6.98. The third kappa shape index (κ3) is 6.00. The summed E-state index contributed by atoms with van der Waals surface area (Å²) in [4.78, 5) is 11.6. The van der Waals surface area contributed by atoms with E-state index in [0.717, 1.165) is 12.1 Å². The molecular formula is C13H19ClN2O2. The largest absolute Gasteiger partial charge is 0.396 e. The molecule has 5 heteroatoms. The second-order valence-electron chi connectivity index (χ2n) is 4.30. The van der Waals surface area contributed by atoms with E-state index in [1.165, 1.54) is 0 Å². The smallest absolute Gasteiger partial charge is 0.238 e. The molecule has 0 saturated carbocycles. The van der Waals surface area contributed by atoms with E-state index in [1.54, 1.807) is 24.3 Å². The molecule has 100 valence electrons. The zero-order chi connectivity index (χ0) is 13.4. The molecule has 0 saturated heterocycles. The highest BCUT2D eigenvalue weighted by Crippen LogP contribution is 2.12. The molecule has 0 fully saturated rings. The first-order valence-electron chi connectivity index (χ1n) is 5.99. The quantitative estimate of drug-likeness (QED) is 0.709. The first-order valence-corrected chi connectivity index (χ1v) is 6.36. The van der Waals surface area contributed by atoms with Crippen LogP contribution in [0, 0.1) is 5.92 Å². The van der Waals surface area contributed by atoms with Gasteiger partial charge in [0.1, 0.15) is 0 Å². The highest BCUT2D eigenvalue weighted by atomic mass is 35.5. The summed E-state index contributed by atoms with van der Waals surface area (Å²) in [5.41, 5.74) is 0.731. The molecule has 18 heavy (non-hydrogen) atoms. The highest BCUT2D eigenvalue weighted by Gasteiger charge is 2.04. The third-order valence-electron chi connectivity index (χ3n) is 2.53. The first kappa shape index (κ1) is 15.0. The highest BCUT2D eigenvalue weighted by molar-refractivity contribution is 6.30. The van der Waals surface area contributed by atoms with Gasteiger partial charge in [0.25, 0.3) is 0 Å². The van der Waals surface area contributed by atoms with E-state index in [9.17, 15) is 4.79 Å². The summed E-state index contributed by atoms with van der Waals surface area (Å²) in [5.74, 6) is 0.270. The number of carbonyl (C=O) groups excluding carboxylic acids is 1. The van der Waals surface area contributed by atoms with Gasteiger partial charge >= 0.3 is 0 Å². The number of hydrogen-bond acceptors (Lipinski definition) is 3. The Bertz CT molecular complexity index is 368. The van der Waals surface area contributed by atoms with Crippen LogP contribution < -0.4 is 10.6 Å². The molecule has 1 rings (SSSR count). The van der Waals surface area contributed by atoms with Crippen LogP contribution in [0.2, 0.25) is 5.02 Å². The third-order valence-corrected chi connectivity index (χ3v) is 2.78. The maximum absolute atomic E-state index is 11.6. The van der Waals surface area contributed by atoms with Crippen molar-refractivity contribution < 1.29 is 9.90 Å². The summed E-state index contributed by atoms with van der Waals surface area (Å²) >= 11 is 5.75. The zero-order valence-corrected chi connectivity index (χ0v) is 11.2. The molecule has 1 atom stereocenters. The number of halogens is 1. The van der Waals surface area contributed by atoms with Crippen molar-refractivity contribution in [1.82, 2.24) is 5.32 Å². The number of aliphatic hydroxyl groups is 1. The molecule has 1 aromatic rings. The van der Waals surface area contributed by atoms with Gasteiger partial charge in [0.15, 0.2) is 0 Å². The Kier molecular flexibility index (Phi) is 6.72. The Hall–Kier alpha value is -1.10. The van der Waals surface area contributed by atoms with E-state index < -0.39 is 0 Å². The standard InChI is InChI=1S/C13H19ClN2O2/c1-10(6-7-17)8-15-9-13(18)16-12-4-2-11(14)3-5-12/h2-5,10,15,17H,6-9H2,1H3,(H,16,18). The molecule has 0 aliphatic rings. The fourth-order valence-electron chi connectivity index (χ4n) is 1.49. The van der Waals surface area contributed by atoms with Gasteiger partial charge in [-0.05, 0) is 43.1 Å². The fourth-order valence-corrected chi connectivity index (χ4v) is 1.62. The van der Waals surface area contributed by atoms with Crippen LogP contribution in [0.25, 0.3) is 0 Å². The van der Waals surface area contributed by atoms with Crippen molar-refractivity contribution >= 4 is 23.2 Å². The average molecular weight is 271 g/mol. The molecular weight excluding hydrogens is 252 g/mol. The molecule has 1 unspecified atom stereocenters. The van der Waals surface area contributed by atoms with E-state index in [-0.39, 0.29) is 19.1 Å². The van der Waals surface area contributed by atoms with Crippen LogP contribution in [-0.2, 0) is 4.79 Å². The van der Waals surface area contributed by atoms with E-state index in [1.807, 2.05) is 6.92 Å². The maximum atomic E-state index is 11.6. The van der Waals surface area contributed by atoms with Crippen molar-refractivity contribution in [3.05, 3.63) is 29.3 Å². The fraction of sp³-hybridized carbons (Fsp3) is 0.462. The number of aliphatic hydroxyl groups excluding tert-OH is 1. The summed E-state index contributed by atoms with van der Waals surface area (Å²) in [5, 5.41) is 15.2. The minimum atomic E-state index is -0.0893. The maximum Gasteiger partial charge on any atom is 0.238 e. The molecule has 0 radical (unpaired) electrons. The van der Waals surface area contributed by atoms with Crippen molar-refractivity contribution in [1.29, 1.82) is 0 Å². The van der Waals surface area contributed by atoms with Crippen molar-refractivity contribution in [3.63, 3.8) is 0 Å². The summed E-state index contributed by atoms with van der Waals surface area (Å²) in [6.45, 7) is 3.19. The molecule has 1 amide bonds. The van der Waals surface area contributed by atoms with Crippen LogP contribution in [0.4, 0.5) is 5.69 Å². The van der Waals surface area contributed by atoms with E-state index >= 15 is 0 Å². The van der Waals surface area contributed by atoms with Crippen LogP contribution >= 0.6 is 11.6 Å². The predicted molar refractivity (Wildman–Crippen MR) is 73.8 cm³/mol. The van der Waals surface area contributed by atoms with Crippen molar-refractivity contribution in [2.45, 2.75) is 13.3 Å². The normalized spacial score (nSPS) is 12.2. The van der Waals surface area contributed by atoms with Gasteiger partial charge in [0.05, 0.1) is 6.54 Å². The minimum Gasteiger partial charge on any atom is -0.396 e. The number of amides is 1. The average Bonchev–Trinajstić information content (AvgIpc) is 2.32. The van der Waals surface area contributed by atoms with Crippen LogP contribution in [0.5, 0.6) is 0 Å². The molecule has 0 aliphatic heterocycles. The molecule has 0 aromatic heterocycles. The Morgan fingerprint density at radius 3 is 2.67 bits per heavy atom. The van der Waals surface area contributed by atoms with Crippen LogP contribution in [0.3, 0.4) is 0 Å². The van der Waals surface area contributed by atoms with Crippen molar-refractivity contribution in [2.24, 2.45) is 5.92 Å². The number of nitrogens with one attached hydrogen (secondary N) is 2. The molecule has 0 aliphatic carbocycles. The monoisotopic (exact) mass is 270 g/mol. The Morgan fingerprint density at radius 2 is 2.06 bits per heavy atom. The lowest BCUT2D eigenvalue weighted by Gasteiger charge is -2.11. The van der Waals surface area contributed by atoms with Gasteiger partial charge < -0.3 is 15.7 Å². The van der Waals surface area contributed by atoms with Gasteiger partial charge in [-0.1, -0.05) is 18.5 Å². The predicted octanol–water partition coefficient (Wildman–Crippen LogP) is 1.89. The lowest BCUT2D eigenvalue weighted by molar-refractivity contribution is -0.115. The molecule has 1 aromatic carbocycles. The number of anilines is 1. The van der Waals surface area contributed by atoms with E-state index in [4.69, 9.17) is 16.7 Å². The van der Waals surface area contributed by atoms with Crippen LogP contribution in [0.1, 0.15) is 13.3 Å².